The van der Waals surface area contributed by atoms with Crippen LogP contribution in [0.5, 0.6) is 0 Å². The third-order valence-corrected chi connectivity index (χ3v) is 5.78. The number of fused-ring (bicyclic) bond motifs is 3. The van der Waals surface area contributed by atoms with E-state index in [1.807, 2.05) is 29.4 Å². The lowest BCUT2D eigenvalue weighted by atomic mass is 9.95. The van der Waals surface area contributed by atoms with E-state index < -0.39 is 0 Å². The van der Waals surface area contributed by atoms with Crippen molar-refractivity contribution in [3.63, 3.8) is 0 Å². The molecule has 2 heterocycles. The SMILES string of the molecule is O=C(CSC1=Nc2ccccc2C2CC=NN12)NC1CCCCC1. The third-order valence-electron chi connectivity index (χ3n) is 4.84. The van der Waals surface area contributed by atoms with Crippen molar-refractivity contribution in [1.29, 1.82) is 0 Å². The molecule has 1 amide bonds. The van der Waals surface area contributed by atoms with Gasteiger partial charge in [-0.1, -0.05) is 49.2 Å². The standard InChI is InChI=1S/C18H22N4OS/c23-17(20-13-6-2-1-3-7-13)12-24-18-21-15-9-5-4-8-14(15)16-10-11-19-22(16)18/h4-5,8-9,11,13,16H,1-3,6-7,10,12H2,(H,20,23). The number of para-hydroxylation sites is 1. The molecule has 1 atom stereocenters. The van der Waals surface area contributed by atoms with Crippen molar-refractivity contribution in [2.45, 2.75) is 50.6 Å². The van der Waals surface area contributed by atoms with Crippen LogP contribution in [0, 0.1) is 0 Å². The molecule has 0 aromatic heterocycles. The normalized spacial score (nSPS) is 22.8. The number of thioether (sulfide) groups is 1. The summed E-state index contributed by atoms with van der Waals surface area (Å²) in [5, 5.41) is 10.4. The molecule has 5 nitrogen and oxygen atoms in total. The van der Waals surface area contributed by atoms with Crippen LogP contribution >= 0.6 is 11.8 Å². The zero-order valence-corrected chi connectivity index (χ0v) is 14.5. The number of carbonyl (C=O) groups excluding carboxylic acids is 1. The number of benzene rings is 1. The monoisotopic (exact) mass is 342 g/mol. The van der Waals surface area contributed by atoms with Crippen molar-refractivity contribution in [2.75, 3.05) is 5.75 Å². The Balaban J connectivity index is 1.41. The molecule has 1 aliphatic carbocycles. The minimum Gasteiger partial charge on any atom is -0.353 e. The molecule has 1 unspecified atom stereocenters. The van der Waals surface area contributed by atoms with E-state index in [0.717, 1.165) is 30.1 Å². The first-order chi connectivity index (χ1) is 11.8. The molecule has 24 heavy (non-hydrogen) atoms. The highest BCUT2D eigenvalue weighted by Gasteiger charge is 2.32. The van der Waals surface area contributed by atoms with Gasteiger partial charge in [-0.05, 0) is 18.9 Å². The van der Waals surface area contributed by atoms with Crippen LogP contribution in [0.3, 0.4) is 0 Å². The summed E-state index contributed by atoms with van der Waals surface area (Å²) in [5.41, 5.74) is 2.21. The molecule has 126 valence electrons. The highest BCUT2D eigenvalue weighted by Crippen LogP contribution is 2.40. The van der Waals surface area contributed by atoms with E-state index in [-0.39, 0.29) is 11.9 Å². The van der Waals surface area contributed by atoms with Gasteiger partial charge in [-0.3, -0.25) is 4.79 Å². The lowest BCUT2D eigenvalue weighted by Crippen LogP contribution is -2.38. The van der Waals surface area contributed by atoms with Crippen LogP contribution in [-0.2, 0) is 4.79 Å². The van der Waals surface area contributed by atoms with Crippen LogP contribution in [0.1, 0.15) is 50.1 Å². The first-order valence-corrected chi connectivity index (χ1v) is 9.71. The molecule has 1 aromatic carbocycles. The first kappa shape index (κ1) is 15.7. The van der Waals surface area contributed by atoms with E-state index in [1.54, 1.807) is 0 Å². The molecular formula is C18H22N4OS. The number of hydrogen-bond acceptors (Lipinski definition) is 5. The fraction of sp³-hybridized carbons (Fsp3) is 0.500. The molecule has 0 saturated heterocycles. The Labute approximate surface area is 146 Å². The minimum atomic E-state index is 0.105. The summed E-state index contributed by atoms with van der Waals surface area (Å²) in [6.07, 6.45) is 8.81. The summed E-state index contributed by atoms with van der Waals surface area (Å²) in [6.45, 7) is 0. The second kappa shape index (κ2) is 6.97. The third kappa shape index (κ3) is 3.20. The van der Waals surface area contributed by atoms with E-state index >= 15 is 0 Å². The smallest absolute Gasteiger partial charge is 0.230 e. The quantitative estimate of drug-likeness (QED) is 0.913. The number of rotatable bonds is 3. The lowest BCUT2D eigenvalue weighted by molar-refractivity contribution is -0.119. The summed E-state index contributed by atoms with van der Waals surface area (Å²) in [4.78, 5) is 17.0. The molecule has 1 aromatic rings. The predicted molar refractivity (Wildman–Crippen MR) is 98.7 cm³/mol. The molecule has 0 bridgehead atoms. The van der Waals surface area contributed by atoms with Gasteiger partial charge in [0.15, 0.2) is 5.17 Å². The number of hydrazone groups is 1. The van der Waals surface area contributed by atoms with Gasteiger partial charge in [0.1, 0.15) is 0 Å². The molecule has 1 fully saturated rings. The highest BCUT2D eigenvalue weighted by atomic mass is 32.2. The van der Waals surface area contributed by atoms with E-state index in [2.05, 4.69) is 16.5 Å². The summed E-state index contributed by atoms with van der Waals surface area (Å²) in [7, 11) is 0. The molecule has 1 saturated carbocycles. The van der Waals surface area contributed by atoms with Crippen molar-refractivity contribution >= 4 is 34.7 Å². The van der Waals surface area contributed by atoms with Crippen LogP contribution in [0.2, 0.25) is 0 Å². The van der Waals surface area contributed by atoms with Gasteiger partial charge in [0, 0.05) is 24.2 Å². The Morgan fingerprint density at radius 1 is 1.25 bits per heavy atom. The van der Waals surface area contributed by atoms with Gasteiger partial charge < -0.3 is 5.32 Å². The van der Waals surface area contributed by atoms with Gasteiger partial charge >= 0.3 is 0 Å². The van der Waals surface area contributed by atoms with Crippen LogP contribution in [-0.4, -0.2) is 34.1 Å². The molecule has 1 N–H and O–H groups in total. The average molecular weight is 342 g/mol. The summed E-state index contributed by atoms with van der Waals surface area (Å²) in [6, 6.07) is 8.78. The molecule has 2 aliphatic heterocycles. The second-order valence-corrected chi connectivity index (χ2v) is 7.48. The number of amidine groups is 1. The molecule has 4 rings (SSSR count). The molecular weight excluding hydrogens is 320 g/mol. The van der Waals surface area contributed by atoms with Crippen LogP contribution in [0.15, 0.2) is 34.4 Å². The Morgan fingerprint density at radius 2 is 2.08 bits per heavy atom. The topological polar surface area (TPSA) is 57.1 Å². The Hall–Kier alpha value is -1.82. The zero-order chi connectivity index (χ0) is 16.4. The molecule has 6 heteroatoms. The number of nitrogens with one attached hydrogen (secondary N) is 1. The average Bonchev–Trinajstić information content (AvgIpc) is 3.11. The summed E-state index contributed by atoms with van der Waals surface area (Å²) in [5.74, 6) is 0.504. The van der Waals surface area contributed by atoms with Crippen molar-refractivity contribution in [3.8, 4) is 0 Å². The maximum Gasteiger partial charge on any atom is 0.230 e. The maximum atomic E-state index is 12.2. The van der Waals surface area contributed by atoms with Crippen LogP contribution in [0.4, 0.5) is 5.69 Å². The first-order valence-electron chi connectivity index (χ1n) is 8.73. The van der Waals surface area contributed by atoms with E-state index in [9.17, 15) is 4.79 Å². The summed E-state index contributed by atoms with van der Waals surface area (Å²) >= 11 is 1.48. The van der Waals surface area contributed by atoms with Gasteiger partial charge in [-0.2, -0.15) is 5.10 Å². The second-order valence-electron chi connectivity index (χ2n) is 6.54. The van der Waals surface area contributed by atoms with Gasteiger partial charge in [0.25, 0.3) is 0 Å². The van der Waals surface area contributed by atoms with Gasteiger partial charge in [-0.15, -0.1) is 0 Å². The van der Waals surface area contributed by atoms with Crippen molar-refractivity contribution in [2.24, 2.45) is 10.1 Å². The Kier molecular flexibility index (Phi) is 4.56. The molecule has 0 spiro atoms. The number of carbonyl (C=O) groups is 1. The minimum absolute atomic E-state index is 0.105. The Morgan fingerprint density at radius 3 is 2.96 bits per heavy atom. The summed E-state index contributed by atoms with van der Waals surface area (Å²) < 4.78 is 0. The maximum absolute atomic E-state index is 12.2. The number of hydrogen-bond donors (Lipinski definition) is 1. The Bertz CT molecular complexity index is 681. The fourth-order valence-electron chi connectivity index (χ4n) is 3.63. The number of amides is 1. The predicted octanol–water partition coefficient (Wildman–Crippen LogP) is 3.60. The number of nitrogens with zero attached hydrogens (tertiary/aromatic N) is 3. The van der Waals surface area contributed by atoms with E-state index in [0.29, 0.717) is 11.8 Å². The lowest BCUT2D eigenvalue weighted by Gasteiger charge is -2.30. The van der Waals surface area contributed by atoms with Crippen molar-refractivity contribution < 1.29 is 4.79 Å². The van der Waals surface area contributed by atoms with E-state index in [4.69, 9.17) is 4.99 Å². The van der Waals surface area contributed by atoms with Gasteiger partial charge in [0.2, 0.25) is 5.91 Å². The van der Waals surface area contributed by atoms with Crippen molar-refractivity contribution in [1.82, 2.24) is 10.3 Å². The van der Waals surface area contributed by atoms with Crippen LogP contribution < -0.4 is 5.32 Å². The van der Waals surface area contributed by atoms with Crippen LogP contribution in [0.25, 0.3) is 0 Å². The van der Waals surface area contributed by atoms with E-state index in [1.165, 1.54) is 36.6 Å². The zero-order valence-electron chi connectivity index (χ0n) is 13.6. The number of aliphatic imine (C=N–C) groups is 1. The van der Waals surface area contributed by atoms with Crippen molar-refractivity contribution in [3.05, 3.63) is 29.8 Å². The molecule has 0 radical (unpaired) electrons. The molecule has 3 aliphatic rings. The largest absolute Gasteiger partial charge is 0.353 e. The fourth-order valence-corrected chi connectivity index (χ4v) is 4.44. The van der Waals surface area contributed by atoms with Gasteiger partial charge in [0.05, 0.1) is 17.5 Å². The van der Waals surface area contributed by atoms with Gasteiger partial charge in [-0.25, -0.2) is 10.0 Å². The highest BCUT2D eigenvalue weighted by molar-refractivity contribution is 8.14.